The molecule has 2 N–H and O–H groups in total. The van der Waals surface area contributed by atoms with Crippen LogP contribution in [0.1, 0.15) is 29.4 Å². The Bertz CT molecular complexity index is 466. The molecule has 5 nitrogen and oxygen atoms in total. The summed E-state index contributed by atoms with van der Waals surface area (Å²) in [4.78, 5) is 27.8. The van der Waals surface area contributed by atoms with E-state index in [4.69, 9.17) is 5.11 Å². The number of aryl methyl sites for hydroxylation is 1. The molecule has 1 saturated heterocycles. The average molecular weight is 236 g/mol. The fourth-order valence-corrected chi connectivity index (χ4v) is 2.16. The van der Waals surface area contributed by atoms with Crippen molar-refractivity contribution >= 4 is 11.9 Å². The van der Waals surface area contributed by atoms with Crippen molar-refractivity contribution in [2.45, 2.75) is 20.3 Å². The Morgan fingerprint density at radius 2 is 2.24 bits per heavy atom. The molecule has 1 atom stereocenters. The van der Waals surface area contributed by atoms with Crippen molar-refractivity contribution in [3.8, 4) is 0 Å². The molecule has 1 aliphatic rings. The Morgan fingerprint density at radius 3 is 2.71 bits per heavy atom. The summed E-state index contributed by atoms with van der Waals surface area (Å²) in [5.74, 6) is -0.924. The minimum Gasteiger partial charge on any atom is -0.481 e. The lowest BCUT2D eigenvalue weighted by atomic mass is 9.90. The highest BCUT2D eigenvalue weighted by Crippen LogP contribution is 2.31. The van der Waals surface area contributed by atoms with Crippen molar-refractivity contribution in [1.29, 1.82) is 0 Å². The van der Waals surface area contributed by atoms with Crippen LogP contribution < -0.4 is 0 Å². The Balaban J connectivity index is 2.15. The lowest BCUT2D eigenvalue weighted by Crippen LogP contribution is -2.34. The molecule has 0 saturated carbocycles. The number of carbonyl (C=O) groups excluding carboxylic acids is 1. The summed E-state index contributed by atoms with van der Waals surface area (Å²) in [6.07, 6.45) is 2.23. The van der Waals surface area contributed by atoms with Crippen LogP contribution in [0.4, 0.5) is 0 Å². The highest BCUT2D eigenvalue weighted by molar-refractivity contribution is 5.96. The molecular weight excluding hydrogens is 220 g/mol. The van der Waals surface area contributed by atoms with Gasteiger partial charge in [0.15, 0.2) is 0 Å². The first kappa shape index (κ1) is 11.7. The molecule has 92 valence electrons. The number of aromatic nitrogens is 1. The van der Waals surface area contributed by atoms with E-state index in [0.717, 1.165) is 5.69 Å². The fourth-order valence-electron chi connectivity index (χ4n) is 2.16. The van der Waals surface area contributed by atoms with Gasteiger partial charge in [0.05, 0.1) is 11.0 Å². The number of carboxylic acid groups (broad SMARTS) is 1. The second-order valence-electron chi connectivity index (χ2n) is 4.86. The van der Waals surface area contributed by atoms with Crippen LogP contribution in [0.5, 0.6) is 0 Å². The van der Waals surface area contributed by atoms with Crippen LogP contribution in [-0.2, 0) is 4.79 Å². The van der Waals surface area contributed by atoms with Gasteiger partial charge in [0, 0.05) is 25.0 Å². The van der Waals surface area contributed by atoms with Crippen molar-refractivity contribution in [2.75, 3.05) is 13.1 Å². The summed E-state index contributed by atoms with van der Waals surface area (Å²) in [5, 5.41) is 9.11. The number of aromatic amines is 1. The quantitative estimate of drug-likeness (QED) is 0.811. The molecule has 1 aromatic rings. The lowest BCUT2D eigenvalue weighted by Gasteiger charge is -2.20. The predicted molar refractivity (Wildman–Crippen MR) is 61.8 cm³/mol. The van der Waals surface area contributed by atoms with E-state index in [1.165, 1.54) is 0 Å². The Morgan fingerprint density at radius 1 is 1.53 bits per heavy atom. The molecule has 1 unspecified atom stereocenters. The van der Waals surface area contributed by atoms with E-state index in [0.29, 0.717) is 18.5 Å². The fraction of sp³-hybridized carbons (Fsp3) is 0.500. The third kappa shape index (κ3) is 1.92. The van der Waals surface area contributed by atoms with E-state index < -0.39 is 11.4 Å². The maximum atomic E-state index is 12.2. The Labute approximate surface area is 99.4 Å². The van der Waals surface area contributed by atoms with Crippen LogP contribution in [0.3, 0.4) is 0 Å². The number of hydrogen-bond donors (Lipinski definition) is 2. The minimum atomic E-state index is -0.835. The normalized spacial score (nSPS) is 24.0. The molecule has 2 rings (SSSR count). The van der Waals surface area contributed by atoms with E-state index in [2.05, 4.69) is 4.98 Å². The molecule has 0 radical (unpaired) electrons. The van der Waals surface area contributed by atoms with Crippen LogP contribution in [-0.4, -0.2) is 40.0 Å². The number of nitrogens with zero attached hydrogens (tertiary/aromatic N) is 1. The number of carbonyl (C=O) groups is 2. The number of nitrogens with one attached hydrogen (secondary N) is 1. The number of carboxylic acids is 1. The van der Waals surface area contributed by atoms with E-state index >= 15 is 0 Å². The van der Waals surface area contributed by atoms with Gasteiger partial charge >= 0.3 is 5.97 Å². The summed E-state index contributed by atoms with van der Waals surface area (Å²) in [6.45, 7) is 4.31. The monoisotopic (exact) mass is 236 g/mol. The molecular formula is C12H16N2O3. The number of hydrogen-bond acceptors (Lipinski definition) is 2. The van der Waals surface area contributed by atoms with Crippen LogP contribution in [0, 0.1) is 12.3 Å². The minimum absolute atomic E-state index is 0.0891. The Hall–Kier alpha value is -1.78. The van der Waals surface area contributed by atoms with Crippen molar-refractivity contribution in [3.05, 3.63) is 23.5 Å². The van der Waals surface area contributed by atoms with Gasteiger partial charge in [-0.1, -0.05) is 0 Å². The van der Waals surface area contributed by atoms with E-state index in [1.807, 2.05) is 6.92 Å². The maximum absolute atomic E-state index is 12.2. The third-order valence-electron chi connectivity index (χ3n) is 3.46. The van der Waals surface area contributed by atoms with Crippen LogP contribution >= 0.6 is 0 Å². The number of H-pyrrole nitrogens is 1. The molecule has 17 heavy (non-hydrogen) atoms. The second-order valence-corrected chi connectivity index (χ2v) is 4.86. The average Bonchev–Trinajstić information content (AvgIpc) is 2.85. The summed E-state index contributed by atoms with van der Waals surface area (Å²) < 4.78 is 0. The largest absolute Gasteiger partial charge is 0.481 e. The van der Waals surface area contributed by atoms with Crippen molar-refractivity contribution in [2.24, 2.45) is 5.41 Å². The summed E-state index contributed by atoms with van der Waals surface area (Å²) in [6, 6.07) is 1.73. The summed E-state index contributed by atoms with van der Waals surface area (Å²) >= 11 is 0. The zero-order valence-corrected chi connectivity index (χ0v) is 9.99. The van der Waals surface area contributed by atoms with Gasteiger partial charge in [-0.3, -0.25) is 9.59 Å². The molecule has 1 aromatic heterocycles. The second kappa shape index (κ2) is 3.91. The van der Waals surface area contributed by atoms with Gasteiger partial charge in [0.2, 0.25) is 0 Å². The van der Waals surface area contributed by atoms with Gasteiger partial charge in [-0.05, 0) is 26.3 Å². The molecule has 1 amide bonds. The standard InChI is InChI=1S/C12H16N2O3/c1-8-9(3-5-13-8)10(15)14-6-4-12(2,7-14)11(16)17/h3,5,13H,4,6-7H2,1-2H3,(H,16,17). The first-order valence-electron chi connectivity index (χ1n) is 5.61. The summed E-state index contributed by atoms with van der Waals surface area (Å²) in [5.41, 5.74) is 0.637. The first-order chi connectivity index (χ1) is 7.94. The lowest BCUT2D eigenvalue weighted by molar-refractivity contribution is -0.147. The SMILES string of the molecule is Cc1[nH]ccc1C(=O)N1CCC(C)(C(=O)O)C1. The van der Waals surface area contributed by atoms with E-state index in [1.54, 1.807) is 24.1 Å². The topological polar surface area (TPSA) is 73.4 Å². The van der Waals surface area contributed by atoms with E-state index in [9.17, 15) is 9.59 Å². The van der Waals surface area contributed by atoms with Crippen LogP contribution in [0.2, 0.25) is 0 Å². The van der Waals surface area contributed by atoms with Crippen molar-refractivity contribution < 1.29 is 14.7 Å². The molecule has 2 heterocycles. The van der Waals surface area contributed by atoms with Gasteiger partial charge in [0.1, 0.15) is 0 Å². The van der Waals surface area contributed by atoms with Crippen LogP contribution in [0.15, 0.2) is 12.3 Å². The smallest absolute Gasteiger partial charge is 0.311 e. The predicted octanol–water partition coefficient (Wildman–Crippen LogP) is 1.26. The molecule has 1 fully saturated rings. The van der Waals surface area contributed by atoms with E-state index in [-0.39, 0.29) is 12.5 Å². The number of likely N-dealkylation sites (tertiary alicyclic amines) is 1. The highest BCUT2D eigenvalue weighted by Gasteiger charge is 2.42. The molecule has 0 aromatic carbocycles. The number of amides is 1. The molecule has 0 spiro atoms. The zero-order valence-electron chi connectivity index (χ0n) is 9.99. The van der Waals surface area contributed by atoms with Crippen LogP contribution in [0.25, 0.3) is 0 Å². The zero-order chi connectivity index (χ0) is 12.6. The Kier molecular flexibility index (Phi) is 2.69. The first-order valence-corrected chi connectivity index (χ1v) is 5.61. The molecule has 1 aliphatic heterocycles. The van der Waals surface area contributed by atoms with Gasteiger partial charge in [0.25, 0.3) is 5.91 Å². The van der Waals surface area contributed by atoms with Crippen molar-refractivity contribution in [3.63, 3.8) is 0 Å². The van der Waals surface area contributed by atoms with Gasteiger partial charge in [-0.15, -0.1) is 0 Å². The molecule has 0 aliphatic carbocycles. The number of aliphatic carboxylic acids is 1. The maximum Gasteiger partial charge on any atom is 0.311 e. The van der Waals surface area contributed by atoms with Gasteiger partial charge in [-0.2, -0.15) is 0 Å². The molecule has 0 bridgehead atoms. The summed E-state index contributed by atoms with van der Waals surface area (Å²) in [7, 11) is 0. The molecule has 5 heteroatoms. The third-order valence-corrected chi connectivity index (χ3v) is 3.46. The van der Waals surface area contributed by atoms with Gasteiger partial charge in [-0.25, -0.2) is 0 Å². The van der Waals surface area contributed by atoms with Gasteiger partial charge < -0.3 is 15.0 Å². The van der Waals surface area contributed by atoms with Crippen molar-refractivity contribution in [1.82, 2.24) is 9.88 Å². The number of rotatable bonds is 2. The highest BCUT2D eigenvalue weighted by atomic mass is 16.4.